The van der Waals surface area contributed by atoms with Gasteiger partial charge < -0.3 is 10.6 Å². The fourth-order valence-electron chi connectivity index (χ4n) is 3.35. The van der Waals surface area contributed by atoms with Gasteiger partial charge in [-0.15, -0.1) is 0 Å². The Balaban J connectivity index is 2.11. The number of nitrogens with two attached hydrogens (primary N) is 1. The summed E-state index contributed by atoms with van der Waals surface area (Å²) in [7, 11) is 2.24. The largest absolute Gasteiger partial charge is 0.329 e. The molecule has 0 saturated carbocycles. The highest BCUT2D eigenvalue weighted by atomic mass is 32.2. The van der Waals surface area contributed by atoms with Crippen LogP contribution in [0, 0.1) is 0 Å². The van der Waals surface area contributed by atoms with Crippen LogP contribution in [0.25, 0.3) is 0 Å². The van der Waals surface area contributed by atoms with Crippen molar-refractivity contribution in [1.82, 2.24) is 9.80 Å². The number of hydrogen-bond acceptors (Lipinski definition) is 4. The quantitative estimate of drug-likeness (QED) is 0.807. The SMILES string of the molecule is CC1CSCCN1C1(CN)CCCN(C)CC1. The Morgan fingerprint density at radius 3 is 2.82 bits per heavy atom. The van der Waals surface area contributed by atoms with E-state index in [1.54, 1.807) is 0 Å². The summed E-state index contributed by atoms with van der Waals surface area (Å²) in [5.74, 6) is 2.56. The molecule has 2 atom stereocenters. The Kier molecular flexibility index (Phi) is 4.75. The van der Waals surface area contributed by atoms with Gasteiger partial charge in [-0.3, -0.25) is 4.90 Å². The van der Waals surface area contributed by atoms with Crippen molar-refractivity contribution >= 4 is 11.8 Å². The summed E-state index contributed by atoms with van der Waals surface area (Å²) in [5, 5.41) is 0. The van der Waals surface area contributed by atoms with E-state index in [9.17, 15) is 0 Å². The van der Waals surface area contributed by atoms with E-state index in [1.807, 2.05) is 0 Å². The summed E-state index contributed by atoms with van der Waals surface area (Å²) in [5.41, 5.74) is 6.46. The fourth-order valence-corrected chi connectivity index (χ4v) is 4.37. The smallest absolute Gasteiger partial charge is 0.0347 e. The maximum Gasteiger partial charge on any atom is 0.0347 e. The van der Waals surface area contributed by atoms with Gasteiger partial charge in [0.05, 0.1) is 0 Å². The summed E-state index contributed by atoms with van der Waals surface area (Å²) < 4.78 is 0. The minimum absolute atomic E-state index is 0.283. The Morgan fingerprint density at radius 1 is 1.29 bits per heavy atom. The summed E-state index contributed by atoms with van der Waals surface area (Å²) in [6.45, 7) is 6.87. The zero-order valence-corrected chi connectivity index (χ0v) is 12.1. The molecule has 0 bridgehead atoms. The zero-order chi connectivity index (χ0) is 12.3. The third-order valence-electron chi connectivity index (χ3n) is 4.50. The monoisotopic (exact) mass is 257 g/mol. The van der Waals surface area contributed by atoms with Crippen molar-refractivity contribution in [2.24, 2.45) is 5.73 Å². The third kappa shape index (κ3) is 2.98. The first-order valence-corrected chi connectivity index (χ1v) is 8.06. The molecule has 2 fully saturated rings. The molecular weight excluding hydrogens is 230 g/mol. The molecule has 17 heavy (non-hydrogen) atoms. The van der Waals surface area contributed by atoms with Crippen LogP contribution in [-0.4, -0.2) is 66.1 Å². The van der Waals surface area contributed by atoms with E-state index < -0.39 is 0 Å². The Hall–Kier alpha value is 0.230. The number of likely N-dealkylation sites (tertiary alicyclic amines) is 1. The Bertz CT molecular complexity index is 249. The molecule has 0 aromatic rings. The van der Waals surface area contributed by atoms with Crippen LogP contribution >= 0.6 is 11.8 Å². The molecule has 0 amide bonds. The maximum atomic E-state index is 6.18. The summed E-state index contributed by atoms with van der Waals surface area (Å²) in [4.78, 5) is 5.18. The van der Waals surface area contributed by atoms with E-state index in [0.717, 1.165) is 6.54 Å². The molecule has 3 nitrogen and oxygen atoms in total. The van der Waals surface area contributed by atoms with Gasteiger partial charge in [0.2, 0.25) is 0 Å². The second-order valence-corrected chi connectivity index (χ2v) is 6.85. The highest BCUT2D eigenvalue weighted by Crippen LogP contribution is 2.32. The van der Waals surface area contributed by atoms with Crippen molar-refractivity contribution in [2.75, 3.05) is 44.7 Å². The van der Waals surface area contributed by atoms with Crippen LogP contribution in [0.2, 0.25) is 0 Å². The van der Waals surface area contributed by atoms with Gasteiger partial charge >= 0.3 is 0 Å². The molecule has 2 rings (SSSR count). The van der Waals surface area contributed by atoms with Gasteiger partial charge in [0.25, 0.3) is 0 Å². The number of nitrogens with zero attached hydrogens (tertiary/aromatic N) is 2. The van der Waals surface area contributed by atoms with Gasteiger partial charge in [-0.05, 0) is 46.3 Å². The fraction of sp³-hybridized carbons (Fsp3) is 1.00. The molecule has 2 heterocycles. The lowest BCUT2D eigenvalue weighted by atomic mass is 9.87. The van der Waals surface area contributed by atoms with Crippen LogP contribution in [0.5, 0.6) is 0 Å². The molecule has 2 N–H and O–H groups in total. The Morgan fingerprint density at radius 2 is 2.12 bits per heavy atom. The lowest BCUT2D eigenvalue weighted by Gasteiger charge is -2.48. The van der Waals surface area contributed by atoms with E-state index in [-0.39, 0.29) is 5.54 Å². The molecule has 100 valence electrons. The van der Waals surface area contributed by atoms with Crippen molar-refractivity contribution in [3.8, 4) is 0 Å². The summed E-state index contributed by atoms with van der Waals surface area (Å²) >= 11 is 2.09. The van der Waals surface area contributed by atoms with E-state index in [2.05, 4.69) is 35.5 Å². The molecule has 2 saturated heterocycles. The van der Waals surface area contributed by atoms with E-state index in [4.69, 9.17) is 5.73 Å². The second-order valence-electron chi connectivity index (χ2n) is 5.70. The van der Waals surface area contributed by atoms with E-state index in [0.29, 0.717) is 6.04 Å². The number of rotatable bonds is 2. The molecule has 4 heteroatoms. The van der Waals surface area contributed by atoms with Crippen molar-refractivity contribution < 1.29 is 0 Å². The summed E-state index contributed by atoms with van der Waals surface area (Å²) in [6, 6.07) is 0.695. The van der Waals surface area contributed by atoms with Gasteiger partial charge in [0.15, 0.2) is 0 Å². The first-order chi connectivity index (χ1) is 8.18. The molecule has 2 aliphatic rings. The topological polar surface area (TPSA) is 32.5 Å². The van der Waals surface area contributed by atoms with Crippen molar-refractivity contribution in [3.63, 3.8) is 0 Å². The van der Waals surface area contributed by atoms with Crippen molar-refractivity contribution in [3.05, 3.63) is 0 Å². The number of hydrogen-bond donors (Lipinski definition) is 1. The number of thioether (sulfide) groups is 1. The van der Waals surface area contributed by atoms with Crippen molar-refractivity contribution in [2.45, 2.75) is 37.8 Å². The normalized spacial score (nSPS) is 37.9. The van der Waals surface area contributed by atoms with Crippen LogP contribution in [0.15, 0.2) is 0 Å². The van der Waals surface area contributed by atoms with E-state index in [1.165, 1.54) is 50.4 Å². The minimum Gasteiger partial charge on any atom is -0.329 e. The predicted molar refractivity (Wildman–Crippen MR) is 76.6 cm³/mol. The minimum atomic E-state index is 0.283. The molecule has 0 radical (unpaired) electrons. The molecular formula is C13H27N3S. The lowest BCUT2D eigenvalue weighted by molar-refractivity contribution is 0.0538. The highest BCUT2D eigenvalue weighted by molar-refractivity contribution is 7.99. The van der Waals surface area contributed by atoms with Crippen molar-refractivity contribution in [1.29, 1.82) is 0 Å². The summed E-state index contributed by atoms with van der Waals surface area (Å²) in [6.07, 6.45) is 3.82. The van der Waals surface area contributed by atoms with Crippen LogP contribution in [0.3, 0.4) is 0 Å². The Labute approximate surface area is 110 Å². The van der Waals surface area contributed by atoms with Gasteiger partial charge in [-0.25, -0.2) is 0 Å². The lowest BCUT2D eigenvalue weighted by Crippen LogP contribution is -2.60. The predicted octanol–water partition coefficient (Wildman–Crippen LogP) is 1.24. The molecule has 0 aromatic heterocycles. The molecule has 2 aliphatic heterocycles. The average molecular weight is 257 g/mol. The molecule has 0 aromatic carbocycles. The van der Waals surface area contributed by atoms with Crippen LogP contribution in [0.4, 0.5) is 0 Å². The zero-order valence-electron chi connectivity index (χ0n) is 11.3. The van der Waals surface area contributed by atoms with Crippen LogP contribution < -0.4 is 5.73 Å². The van der Waals surface area contributed by atoms with Gasteiger partial charge in [-0.1, -0.05) is 0 Å². The first kappa shape index (κ1) is 13.7. The first-order valence-electron chi connectivity index (χ1n) is 6.91. The molecule has 0 spiro atoms. The van der Waals surface area contributed by atoms with Crippen LogP contribution in [0.1, 0.15) is 26.2 Å². The third-order valence-corrected chi connectivity index (χ3v) is 5.69. The van der Waals surface area contributed by atoms with Gasteiger partial charge in [-0.2, -0.15) is 11.8 Å². The van der Waals surface area contributed by atoms with Gasteiger partial charge in [0.1, 0.15) is 0 Å². The van der Waals surface area contributed by atoms with Crippen LogP contribution in [-0.2, 0) is 0 Å². The van der Waals surface area contributed by atoms with E-state index >= 15 is 0 Å². The molecule has 2 unspecified atom stereocenters. The van der Waals surface area contributed by atoms with Gasteiger partial charge in [0, 0.05) is 36.2 Å². The maximum absolute atomic E-state index is 6.18. The standard InChI is InChI=1S/C13H27N3S/c1-12-10-17-9-8-16(12)13(11-14)4-3-6-15(2)7-5-13/h12H,3-11,14H2,1-2H3. The molecule has 0 aliphatic carbocycles. The second kappa shape index (κ2) is 5.91. The highest BCUT2D eigenvalue weighted by Gasteiger charge is 2.39. The average Bonchev–Trinajstić information content (AvgIpc) is 2.53.